The molecular formula is C13H24N6O2. The third-order valence-electron chi connectivity index (χ3n) is 2.61. The van der Waals surface area contributed by atoms with Crippen LogP contribution in [0.25, 0.3) is 0 Å². The molecule has 0 unspecified atom stereocenters. The van der Waals surface area contributed by atoms with Crippen LogP contribution in [0.1, 0.15) is 26.7 Å². The number of hydrogen-bond donors (Lipinski definition) is 2. The van der Waals surface area contributed by atoms with Gasteiger partial charge in [-0.05, 0) is 12.8 Å². The molecule has 8 nitrogen and oxygen atoms in total. The van der Waals surface area contributed by atoms with Gasteiger partial charge in [0.15, 0.2) is 0 Å². The van der Waals surface area contributed by atoms with Crippen molar-refractivity contribution in [1.82, 2.24) is 20.3 Å². The summed E-state index contributed by atoms with van der Waals surface area (Å²) in [6, 6.07) is 0.222. The summed E-state index contributed by atoms with van der Waals surface area (Å²) in [6.07, 6.45) is 1.86. The first-order valence-corrected chi connectivity index (χ1v) is 7.12. The smallest absolute Gasteiger partial charge is 0.322 e. The molecule has 0 aliphatic rings. The summed E-state index contributed by atoms with van der Waals surface area (Å²) in [4.78, 5) is 25.9. The normalized spacial score (nSPS) is 10.1. The van der Waals surface area contributed by atoms with Crippen molar-refractivity contribution in [3.05, 3.63) is 0 Å². The second-order valence-electron chi connectivity index (χ2n) is 4.58. The lowest BCUT2D eigenvalue weighted by atomic mass is 10.4. The minimum Gasteiger partial charge on any atom is -0.467 e. The first-order valence-electron chi connectivity index (χ1n) is 7.12. The van der Waals surface area contributed by atoms with Crippen LogP contribution in [0, 0.1) is 0 Å². The molecule has 0 spiro atoms. The van der Waals surface area contributed by atoms with E-state index in [2.05, 4.69) is 32.5 Å². The molecule has 1 heterocycles. The van der Waals surface area contributed by atoms with Crippen LogP contribution in [0.15, 0.2) is 0 Å². The summed E-state index contributed by atoms with van der Waals surface area (Å²) in [6.45, 7) is 5.66. The Morgan fingerprint density at radius 3 is 2.52 bits per heavy atom. The van der Waals surface area contributed by atoms with Gasteiger partial charge >= 0.3 is 6.01 Å². The highest BCUT2D eigenvalue weighted by molar-refractivity contribution is 5.80. The Hall–Kier alpha value is -2.12. The number of ether oxygens (including phenoxy) is 1. The lowest BCUT2D eigenvalue weighted by Gasteiger charge is -2.17. The van der Waals surface area contributed by atoms with Gasteiger partial charge in [0.2, 0.25) is 17.8 Å². The van der Waals surface area contributed by atoms with Crippen molar-refractivity contribution >= 4 is 17.8 Å². The van der Waals surface area contributed by atoms with E-state index in [4.69, 9.17) is 4.74 Å². The third-order valence-corrected chi connectivity index (χ3v) is 2.61. The topological polar surface area (TPSA) is 92.3 Å². The van der Waals surface area contributed by atoms with E-state index in [1.165, 1.54) is 7.11 Å². The summed E-state index contributed by atoms with van der Waals surface area (Å²) in [5.74, 6) is 0.772. The number of methoxy groups -OCH3 is 1. The van der Waals surface area contributed by atoms with Gasteiger partial charge in [-0.25, -0.2) is 0 Å². The number of carbonyl (C=O) groups excluding carboxylic acids is 1. The maximum Gasteiger partial charge on any atom is 0.322 e. The minimum absolute atomic E-state index is 0.0678. The standard InChI is InChI=1S/C13H24N6O2/c1-5-7-14-10(20)9-19(3)12-16-11(15-8-6-2)17-13(18-12)21-4/h5-9H2,1-4H3,(H,14,20)(H,15,16,17,18). The Bertz CT molecular complexity index is 454. The van der Waals surface area contributed by atoms with Crippen LogP contribution < -0.4 is 20.3 Å². The van der Waals surface area contributed by atoms with Crippen molar-refractivity contribution in [1.29, 1.82) is 0 Å². The zero-order valence-corrected chi connectivity index (χ0v) is 13.1. The molecular weight excluding hydrogens is 272 g/mol. The van der Waals surface area contributed by atoms with E-state index in [9.17, 15) is 4.79 Å². The predicted molar refractivity (Wildman–Crippen MR) is 81.7 cm³/mol. The molecule has 0 saturated carbocycles. The van der Waals surface area contributed by atoms with Crippen LogP contribution in [0.3, 0.4) is 0 Å². The van der Waals surface area contributed by atoms with E-state index in [-0.39, 0.29) is 18.5 Å². The number of carbonyl (C=O) groups is 1. The van der Waals surface area contributed by atoms with E-state index in [1.54, 1.807) is 11.9 Å². The first-order chi connectivity index (χ1) is 10.1. The molecule has 1 amide bonds. The highest BCUT2D eigenvalue weighted by Crippen LogP contribution is 2.13. The Balaban J connectivity index is 2.77. The van der Waals surface area contributed by atoms with E-state index >= 15 is 0 Å². The summed E-state index contributed by atoms with van der Waals surface area (Å²) in [5.41, 5.74) is 0. The number of aromatic nitrogens is 3. The highest BCUT2D eigenvalue weighted by atomic mass is 16.5. The van der Waals surface area contributed by atoms with Crippen LogP contribution in [-0.4, -0.2) is 54.7 Å². The zero-order chi connectivity index (χ0) is 15.7. The van der Waals surface area contributed by atoms with Crippen molar-refractivity contribution in [2.75, 3.05) is 44.0 Å². The van der Waals surface area contributed by atoms with Crippen molar-refractivity contribution in [2.24, 2.45) is 0 Å². The largest absolute Gasteiger partial charge is 0.467 e. The van der Waals surface area contributed by atoms with Gasteiger partial charge in [-0.2, -0.15) is 15.0 Å². The Kier molecular flexibility index (Phi) is 7.20. The molecule has 118 valence electrons. The molecule has 0 fully saturated rings. The van der Waals surface area contributed by atoms with E-state index < -0.39 is 0 Å². The number of amides is 1. The van der Waals surface area contributed by atoms with Gasteiger partial charge in [0, 0.05) is 20.1 Å². The molecule has 0 aliphatic carbocycles. The van der Waals surface area contributed by atoms with Gasteiger partial charge in [-0.15, -0.1) is 0 Å². The number of nitrogens with zero attached hydrogens (tertiary/aromatic N) is 4. The number of hydrogen-bond acceptors (Lipinski definition) is 7. The van der Waals surface area contributed by atoms with E-state index in [0.29, 0.717) is 18.4 Å². The van der Waals surface area contributed by atoms with Crippen molar-refractivity contribution in [2.45, 2.75) is 26.7 Å². The lowest BCUT2D eigenvalue weighted by molar-refractivity contribution is -0.119. The van der Waals surface area contributed by atoms with E-state index in [0.717, 1.165) is 19.4 Å². The number of anilines is 2. The predicted octanol–water partition coefficient (Wildman–Crippen LogP) is 0.664. The molecule has 8 heteroatoms. The quantitative estimate of drug-likeness (QED) is 0.691. The van der Waals surface area contributed by atoms with Crippen molar-refractivity contribution < 1.29 is 9.53 Å². The second-order valence-corrected chi connectivity index (χ2v) is 4.58. The SMILES string of the molecule is CCCNC(=O)CN(C)c1nc(NCCC)nc(OC)n1. The molecule has 2 N–H and O–H groups in total. The van der Waals surface area contributed by atoms with Crippen LogP contribution in [-0.2, 0) is 4.79 Å². The number of likely N-dealkylation sites (N-methyl/N-ethyl adjacent to an activating group) is 1. The molecule has 0 aliphatic heterocycles. The summed E-state index contributed by atoms with van der Waals surface area (Å²) >= 11 is 0. The summed E-state index contributed by atoms with van der Waals surface area (Å²) in [7, 11) is 3.25. The van der Waals surface area contributed by atoms with Crippen LogP contribution >= 0.6 is 0 Å². The first kappa shape index (κ1) is 16.9. The lowest BCUT2D eigenvalue weighted by Crippen LogP contribution is -2.36. The maximum absolute atomic E-state index is 11.7. The van der Waals surface area contributed by atoms with E-state index in [1.807, 2.05) is 6.92 Å². The molecule has 0 atom stereocenters. The minimum atomic E-state index is -0.0678. The van der Waals surface area contributed by atoms with Crippen molar-refractivity contribution in [3.63, 3.8) is 0 Å². The summed E-state index contributed by atoms with van der Waals surface area (Å²) < 4.78 is 5.07. The fraction of sp³-hybridized carbons (Fsp3) is 0.692. The zero-order valence-electron chi connectivity index (χ0n) is 13.1. The Morgan fingerprint density at radius 1 is 1.19 bits per heavy atom. The Labute approximate surface area is 125 Å². The molecule has 0 radical (unpaired) electrons. The average Bonchev–Trinajstić information content (AvgIpc) is 2.50. The Morgan fingerprint density at radius 2 is 1.90 bits per heavy atom. The number of nitrogens with one attached hydrogen (secondary N) is 2. The van der Waals surface area contributed by atoms with Crippen LogP contribution in [0.4, 0.5) is 11.9 Å². The van der Waals surface area contributed by atoms with Crippen LogP contribution in [0.5, 0.6) is 6.01 Å². The molecule has 0 bridgehead atoms. The van der Waals surface area contributed by atoms with Gasteiger partial charge < -0.3 is 20.3 Å². The van der Waals surface area contributed by atoms with Gasteiger partial charge in [0.1, 0.15) is 0 Å². The maximum atomic E-state index is 11.7. The average molecular weight is 296 g/mol. The molecule has 1 aromatic heterocycles. The monoisotopic (exact) mass is 296 g/mol. The molecule has 1 aromatic rings. The fourth-order valence-electron chi connectivity index (χ4n) is 1.53. The number of rotatable bonds is 9. The molecule has 21 heavy (non-hydrogen) atoms. The van der Waals surface area contributed by atoms with Crippen LogP contribution in [0.2, 0.25) is 0 Å². The fourth-order valence-corrected chi connectivity index (χ4v) is 1.53. The van der Waals surface area contributed by atoms with Gasteiger partial charge in [-0.1, -0.05) is 13.8 Å². The summed E-state index contributed by atoms with van der Waals surface area (Å²) in [5, 5.41) is 5.89. The van der Waals surface area contributed by atoms with Gasteiger partial charge in [0.25, 0.3) is 0 Å². The molecule has 0 saturated heterocycles. The van der Waals surface area contributed by atoms with Gasteiger partial charge in [0.05, 0.1) is 13.7 Å². The molecule has 1 rings (SSSR count). The second kappa shape index (κ2) is 8.93. The van der Waals surface area contributed by atoms with Gasteiger partial charge in [-0.3, -0.25) is 4.79 Å². The highest BCUT2D eigenvalue weighted by Gasteiger charge is 2.13. The van der Waals surface area contributed by atoms with Crippen molar-refractivity contribution in [3.8, 4) is 6.01 Å². The third kappa shape index (κ3) is 5.80. The molecule has 0 aromatic carbocycles.